The van der Waals surface area contributed by atoms with Gasteiger partial charge in [-0.1, -0.05) is 12.1 Å². The molecule has 1 N–H and O–H groups in total. The maximum atomic E-state index is 12.4. The Labute approximate surface area is 164 Å². The van der Waals surface area contributed by atoms with E-state index in [9.17, 15) is 18.0 Å². The van der Waals surface area contributed by atoms with Gasteiger partial charge in [-0.15, -0.1) is 0 Å². The van der Waals surface area contributed by atoms with Crippen molar-refractivity contribution in [3.05, 3.63) is 53.6 Å². The lowest BCUT2D eigenvalue weighted by Gasteiger charge is -2.15. The van der Waals surface area contributed by atoms with Gasteiger partial charge in [0.15, 0.2) is 6.61 Å². The summed E-state index contributed by atoms with van der Waals surface area (Å²) >= 11 is 0. The van der Waals surface area contributed by atoms with Gasteiger partial charge in [-0.3, -0.25) is 4.79 Å². The number of aryl methyl sites for hydroxylation is 1. The number of nitrogens with zero attached hydrogens (tertiary/aromatic N) is 1. The average molecular weight is 406 g/mol. The van der Waals surface area contributed by atoms with Crippen molar-refractivity contribution < 1.29 is 27.5 Å². The van der Waals surface area contributed by atoms with Gasteiger partial charge in [-0.2, -0.15) is 0 Å². The fourth-order valence-corrected chi connectivity index (χ4v) is 3.41. The molecule has 0 aliphatic rings. The number of ether oxygens (including phenoxy) is 2. The second kappa shape index (κ2) is 8.85. The highest BCUT2D eigenvalue weighted by atomic mass is 32.2. The molecule has 150 valence electrons. The number of hydrogen-bond acceptors (Lipinski definition) is 6. The fraction of sp³-hybridized carbons (Fsp3) is 0.263. The highest BCUT2D eigenvalue weighted by molar-refractivity contribution is 7.89. The molecule has 0 aliphatic carbocycles. The molecule has 0 fully saturated rings. The van der Waals surface area contributed by atoms with Crippen LogP contribution in [0.2, 0.25) is 0 Å². The first-order chi connectivity index (χ1) is 13.1. The van der Waals surface area contributed by atoms with Crippen molar-refractivity contribution in [1.82, 2.24) is 4.31 Å². The van der Waals surface area contributed by atoms with E-state index < -0.39 is 28.5 Å². The van der Waals surface area contributed by atoms with Gasteiger partial charge in [-0.25, -0.2) is 17.5 Å². The second-order valence-electron chi connectivity index (χ2n) is 6.15. The highest BCUT2D eigenvalue weighted by Gasteiger charge is 2.24. The van der Waals surface area contributed by atoms with Gasteiger partial charge in [0.2, 0.25) is 10.0 Å². The summed E-state index contributed by atoms with van der Waals surface area (Å²) in [5.74, 6) is -1.23. The smallest absolute Gasteiger partial charge is 0.338 e. The maximum absolute atomic E-state index is 12.4. The molecule has 28 heavy (non-hydrogen) atoms. The summed E-state index contributed by atoms with van der Waals surface area (Å²) in [7, 11) is 0.241. The molecule has 8 nitrogen and oxygen atoms in total. The Balaban J connectivity index is 2.11. The summed E-state index contributed by atoms with van der Waals surface area (Å²) in [5.41, 5.74) is 1.55. The van der Waals surface area contributed by atoms with E-state index >= 15 is 0 Å². The molecular weight excluding hydrogens is 384 g/mol. The van der Waals surface area contributed by atoms with Crippen LogP contribution in [0.15, 0.2) is 47.4 Å². The van der Waals surface area contributed by atoms with Crippen LogP contribution < -0.4 is 10.1 Å². The summed E-state index contributed by atoms with van der Waals surface area (Å²) in [6.07, 6.45) is 0. The molecule has 0 bridgehead atoms. The summed E-state index contributed by atoms with van der Waals surface area (Å²) in [5, 5.41) is 2.62. The molecular formula is C19H22N2O6S. The molecule has 0 saturated carbocycles. The Morgan fingerprint density at radius 3 is 2.43 bits per heavy atom. The fourth-order valence-electron chi connectivity index (χ4n) is 2.34. The van der Waals surface area contributed by atoms with Crippen LogP contribution in [0.25, 0.3) is 0 Å². The first-order valence-electron chi connectivity index (χ1n) is 8.29. The molecule has 2 aromatic rings. The molecule has 1 amide bonds. The summed E-state index contributed by atoms with van der Waals surface area (Å²) in [4.78, 5) is 24.0. The van der Waals surface area contributed by atoms with Crippen molar-refractivity contribution in [2.75, 3.05) is 33.1 Å². The first-order valence-corrected chi connectivity index (χ1v) is 9.73. The van der Waals surface area contributed by atoms with Crippen molar-refractivity contribution in [1.29, 1.82) is 0 Å². The van der Waals surface area contributed by atoms with Crippen LogP contribution in [-0.4, -0.2) is 52.4 Å². The number of rotatable bonds is 7. The van der Waals surface area contributed by atoms with Crippen LogP contribution in [0.5, 0.6) is 5.75 Å². The zero-order valence-corrected chi connectivity index (χ0v) is 16.9. The molecule has 0 atom stereocenters. The summed E-state index contributed by atoms with van der Waals surface area (Å²) in [6.45, 7) is 1.38. The van der Waals surface area contributed by atoms with E-state index in [-0.39, 0.29) is 16.2 Å². The van der Waals surface area contributed by atoms with Gasteiger partial charge in [0.25, 0.3) is 5.91 Å². The molecule has 0 saturated heterocycles. The molecule has 0 heterocycles. The predicted molar refractivity (Wildman–Crippen MR) is 104 cm³/mol. The molecule has 2 aromatic carbocycles. The van der Waals surface area contributed by atoms with Crippen molar-refractivity contribution >= 4 is 27.6 Å². The molecule has 0 spiro atoms. The summed E-state index contributed by atoms with van der Waals surface area (Å²) < 4.78 is 35.9. The molecule has 2 rings (SSSR count). The minimum atomic E-state index is -3.83. The minimum absolute atomic E-state index is 0.00965. The number of anilines is 1. The number of sulfonamides is 1. The topological polar surface area (TPSA) is 102 Å². The number of carbonyl (C=O) groups excluding carboxylic acids is 2. The normalized spacial score (nSPS) is 11.2. The Morgan fingerprint density at radius 2 is 1.82 bits per heavy atom. The van der Waals surface area contributed by atoms with Crippen LogP contribution >= 0.6 is 0 Å². The number of methoxy groups -OCH3 is 1. The van der Waals surface area contributed by atoms with E-state index in [4.69, 9.17) is 9.47 Å². The van der Waals surface area contributed by atoms with Crippen LogP contribution in [-0.2, 0) is 19.6 Å². The molecule has 0 radical (unpaired) electrons. The van der Waals surface area contributed by atoms with E-state index in [1.54, 1.807) is 18.2 Å². The Kier molecular flexibility index (Phi) is 6.76. The lowest BCUT2D eigenvalue weighted by Crippen LogP contribution is -2.24. The lowest BCUT2D eigenvalue weighted by molar-refractivity contribution is -0.119. The van der Waals surface area contributed by atoms with Gasteiger partial charge in [0, 0.05) is 19.8 Å². The lowest BCUT2D eigenvalue weighted by atomic mass is 10.2. The number of nitrogens with one attached hydrogen (secondary N) is 1. The van der Waals surface area contributed by atoms with Crippen molar-refractivity contribution in [3.8, 4) is 5.75 Å². The zero-order valence-electron chi connectivity index (χ0n) is 16.1. The van der Waals surface area contributed by atoms with E-state index in [1.807, 2.05) is 13.0 Å². The first kappa shape index (κ1) is 21.4. The Hall–Kier alpha value is -2.91. The standard InChI is InChI=1S/C19H22N2O6S/c1-13-6-5-7-15(10-13)20-18(22)12-27-19(23)14-8-9-16(26-4)17(11-14)28(24,25)21(2)3/h5-11H,12H2,1-4H3,(H,20,22). The SMILES string of the molecule is COc1ccc(C(=O)OCC(=O)Nc2cccc(C)c2)cc1S(=O)(=O)N(C)C. The Morgan fingerprint density at radius 1 is 1.11 bits per heavy atom. The third-order valence-corrected chi connectivity index (χ3v) is 5.63. The number of carbonyl (C=O) groups is 2. The predicted octanol–water partition coefficient (Wildman–Crippen LogP) is 2.05. The maximum Gasteiger partial charge on any atom is 0.338 e. The minimum Gasteiger partial charge on any atom is -0.495 e. The van der Waals surface area contributed by atoms with Crippen LogP contribution in [0.4, 0.5) is 5.69 Å². The van der Waals surface area contributed by atoms with Crippen LogP contribution in [0.1, 0.15) is 15.9 Å². The molecule has 0 unspecified atom stereocenters. The number of hydrogen-bond donors (Lipinski definition) is 1. The van der Waals surface area contributed by atoms with E-state index in [0.29, 0.717) is 5.69 Å². The molecule has 9 heteroatoms. The van der Waals surface area contributed by atoms with Crippen LogP contribution in [0.3, 0.4) is 0 Å². The van der Waals surface area contributed by atoms with Gasteiger partial charge < -0.3 is 14.8 Å². The number of benzene rings is 2. The number of esters is 1. The van der Waals surface area contributed by atoms with Gasteiger partial charge in [-0.05, 0) is 42.8 Å². The van der Waals surface area contributed by atoms with Gasteiger partial charge >= 0.3 is 5.97 Å². The monoisotopic (exact) mass is 406 g/mol. The summed E-state index contributed by atoms with van der Waals surface area (Å²) in [6, 6.07) is 11.1. The van der Waals surface area contributed by atoms with Crippen molar-refractivity contribution in [3.63, 3.8) is 0 Å². The third kappa shape index (κ3) is 5.08. The van der Waals surface area contributed by atoms with E-state index in [2.05, 4.69) is 5.32 Å². The van der Waals surface area contributed by atoms with Crippen molar-refractivity contribution in [2.45, 2.75) is 11.8 Å². The molecule has 0 aliphatic heterocycles. The zero-order chi connectivity index (χ0) is 20.9. The quantitative estimate of drug-likeness (QED) is 0.706. The average Bonchev–Trinajstić information content (AvgIpc) is 2.65. The highest BCUT2D eigenvalue weighted by Crippen LogP contribution is 2.27. The second-order valence-corrected chi connectivity index (χ2v) is 8.27. The van der Waals surface area contributed by atoms with E-state index in [0.717, 1.165) is 15.9 Å². The van der Waals surface area contributed by atoms with E-state index in [1.165, 1.54) is 33.3 Å². The third-order valence-electron chi connectivity index (χ3n) is 3.79. The number of amides is 1. The van der Waals surface area contributed by atoms with Crippen molar-refractivity contribution in [2.24, 2.45) is 0 Å². The Bertz CT molecular complexity index is 986. The van der Waals surface area contributed by atoms with Crippen LogP contribution in [0, 0.1) is 6.92 Å². The van der Waals surface area contributed by atoms with Gasteiger partial charge in [0.05, 0.1) is 12.7 Å². The largest absolute Gasteiger partial charge is 0.495 e. The van der Waals surface area contributed by atoms with Gasteiger partial charge in [0.1, 0.15) is 10.6 Å². The molecule has 0 aromatic heterocycles.